The number of aliphatic hydroxyl groups is 1. The van der Waals surface area contributed by atoms with Gasteiger partial charge in [0.15, 0.2) is 0 Å². The summed E-state index contributed by atoms with van der Waals surface area (Å²) in [4.78, 5) is -0.142. The molecule has 120 valence electrons. The molecule has 0 saturated heterocycles. The Balaban J connectivity index is 0.00000512. The van der Waals surface area contributed by atoms with E-state index < -0.39 is 39.0 Å². The van der Waals surface area contributed by atoms with Crippen molar-refractivity contribution in [2.45, 2.75) is 43.6 Å². The molecule has 0 radical (unpaired) electrons. The van der Waals surface area contributed by atoms with Gasteiger partial charge in [-0.3, -0.25) is 0 Å². The lowest BCUT2D eigenvalue weighted by molar-refractivity contribution is -0.0277. The summed E-state index contributed by atoms with van der Waals surface area (Å²) < 4.78 is 89.6. The molecule has 0 spiro atoms. The zero-order chi connectivity index (χ0) is 23.9. The minimum atomic E-state index is -3.30. The largest absolute Gasteiger partial charge is 0.497 e. The van der Waals surface area contributed by atoms with Crippen LogP contribution in [0.2, 0.25) is 0 Å². The first-order valence-corrected chi connectivity index (χ1v) is 6.70. The van der Waals surface area contributed by atoms with Gasteiger partial charge in [-0.05, 0) is 44.5 Å². The molecule has 0 amide bonds. The Morgan fingerprint density at radius 1 is 1.29 bits per heavy atom. The van der Waals surface area contributed by atoms with E-state index in [2.05, 4.69) is 0 Å². The van der Waals surface area contributed by atoms with Crippen molar-refractivity contribution in [2.24, 2.45) is 0 Å². The summed E-state index contributed by atoms with van der Waals surface area (Å²) in [6.45, 7) is -9.60. The van der Waals surface area contributed by atoms with Gasteiger partial charge in [0.2, 0.25) is 0 Å². The van der Waals surface area contributed by atoms with Gasteiger partial charge in [-0.2, -0.15) is 0 Å². The summed E-state index contributed by atoms with van der Waals surface area (Å²) in [5.74, 6) is -1.55. The van der Waals surface area contributed by atoms with Gasteiger partial charge < -0.3 is 14.7 Å². The summed E-state index contributed by atoms with van der Waals surface area (Å²) in [7, 11) is -2.70. The van der Waals surface area contributed by atoms with E-state index >= 15 is 0 Å². The molecule has 3 nitrogen and oxygen atoms in total. The molecule has 1 aliphatic rings. The van der Waals surface area contributed by atoms with Crippen molar-refractivity contribution in [2.75, 3.05) is 27.5 Å². The number of hydrogen-bond acceptors (Lipinski definition) is 3. The number of hydrogen-bond donors (Lipinski definition) is 1. The van der Waals surface area contributed by atoms with E-state index in [4.69, 9.17) is 19.8 Å². The van der Waals surface area contributed by atoms with Crippen LogP contribution in [0.1, 0.15) is 58.7 Å². The molecule has 1 N–H and O–H groups in total. The maximum absolute atomic E-state index is 11.4. The topological polar surface area (TPSA) is 32.7 Å². The number of ether oxygens (including phenoxy) is 1. The Morgan fingerprint density at radius 3 is 2.52 bits per heavy atom. The minimum Gasteiger partial charge on any atom is -0.497 e. The van der Waals surface area contributed by atoms with Crippen LogP contribution >= 0.6 is 12.4 Å². The second kappa shape index (κ2) is 8.02. The highest BCUT2D eigenvalue weighted by atomic mass is 35.5. The number of methoxy groups -OCH3 is 1. The quantitative estimate of drug-likeness (QED) is 0.900. The van der Waals surface area contributed by atoms with E-state index in [9.17, 15) is 5.11 Å². The van der Waals surface area contributed by atoms with Crippen LogP contribution in [0.5, 0.6) is 5.75 Å². The van der Waals surface area contributed by atoms with Crippen molar-refractivity contribution < 1.29 is 24.9 Å². The first-order valence-electron chi connectivity index (χ1n) is 12.2. The van der Waals surface area contributed by atoms with Crippen molar-refractivity contribution in [1.29, 1.82) is 0 Å². The van der Waals surface area contributed by atoms with Gasteiger partial charge in [-0.1, -0.05) is 31.4 Å². The molecule has 0 aromatic heterocycles. The van der Waals surface area contributed by atoms with Crippen LogP contribution in [0.4, 0.5) is 0 Å². The molecule has 1 atom stereocenters. The molecule has 1 unspecified atom stereocenters. The summed E-state index contributed by atoms with van der Waals surface area (Å²) in [5, 5.41) is 11.4. The second-order valence-electron chi connectivity index (χ2n) is 5.23. The predicted octanol–water partition coefficient (Wildman–Crippen LogP) is 3.46. The first kappa shape index (κ1) is 7.67. The molecule has 1 aromatic carbocycles. The van der Waals surface area contributed by atoms with Crippen LogP contribution in [0.25, 0.3) is 0 Å². The van der Waals surface area contributed by atoms with E-state index in [0.717, 1.165) is 6.42 Å². The molecule has 0 bridgehead atoms. The molecule has 1 saturated carbocycles. The van der Waals surface area contributed by atoms with Crippen LogP contribution in [0, 0.1) is 0 Å². The zero-order valence-electron chi connectivity index (χ0n) is 22.6. The van der Waals surface area contributed by atoms with E-state index in [1.54, 1.807) is 0 Å². The van der Waals surface area contributed by atoms with Gasteiger partial charge in [0.25, 0.3) is 0 Å². The highest BCUT2D eigenvalue weighted by molar-refractivity contribution is 5.85. The van der Waals surface area contributed by atoms with Crippen LogP contribution < -0.4 is 4.74 Å². The Labute approximate surface area is 150 Å². The fraction of sp³-hybridized carbons (Fsp3) is 0.647. The predicted molar refractivity (Wildman–Crippen MR) is 89.6 cm³/mol. The average molecular weight is 325 g/mol. The van der Waals surface area contributed by atoms with Crippen molar-refractivity contribution in [3.05, 3.63) is 29.8 Å². The van der Waals surface area contributed by atoms with Crippen LogP contribution in [0.3, 0.4) is 0 Å². The Morgan fingerprint density at radius 2 is 1.95 bits per heavy atom. The fourth-order valence-electron chi connectivity index (χ4n) is 2.82. The average Bonchev–Trinajstić information content (AvgIpc) is 2.52. The molecule has 0 heterocycles. The summed E-state index contributed by atoms with van der Waals surface area (Å²) in [6.07, 6.45) is 2.29. The minimum absolute atomic E-state index is 0. The summed E-state index contributed by atoms with van der Waals surface area (Å²) in [6, 6.07) is 5.19. The Hall–Kier alpha value is -0.770. The number of halogens is 1. The molecule has 1 fully saturated rings. The maximum atomic E-state index is 11.4. The second-order valence-corrected chi connectivity index (χ2v) is 5.23. The lowest BCUT2D eigenvalue weighted by Crippen LogP contribution is -2.42. The van der Waals surface area contributed by atoms with Gasteiger partial charge in [0, 0.05) is 23.4 Å². The van der Waals surface area contributed by atoms with Crippen molar-refractivity contribution >= 4 is 12.4 Å². The molecular formula is C17H28ClNO2. The zero-order valence-corrected chi connectivity index (χ0v) is 12.4. The monoisotopic (exact) mass is 324 g/mol. The van der Waals surface area contributed by atoms with Crippen molar-refractivity contribution in [3.63, 3.8) is 0 Å². The first-order chi connectivity index (χ1) is 13.9. The van der Waals surface area contributed by atoms with E-state index in [0.29, 0.717) is 12.8 Å². The molecule has 1 aromatic rings. The molecule has 1 aliphatic carbocycles. The van der Waals surface area contributed by atoms with Crippen LogP contribution in [-0.2, 0) is 0 Å². The third-order valence-corrected chi connectivity index (χ3v) is 3.85. The summed E-state index contributed by atoms with van der Waals surface area (Å²) in [5.41, 5.74) is -1.55. The standard InChI is InChI=1S/C17H27NO2.ClH/c1-18(2)13-16(17(19)11-5-4-6-12-17)14-7-9-15(20-3)10-8-14;/h7-10,16,19H,4-6,11-13H2,1-3H3;1H/i1D3,2D3,3D3,13D2;. The number of rotatable bonds is 5. The van der Waals surface area contributed by atoms with Gasteiger partial charge in [-0.25, -0.2) is 0 Å². The normalized spacial score (nSPS) is 29.1. The van der Waals surface area contributed by atoms with Gasteiger partial charge in [0.05, 0.1) is 16.8 Å². The van der Waals surface area contributed by atoms with Crippen molar-refractivity contribution in [3.8, 4) is 5.75 Å². The smallest absolute Gasteiger partial charge is 0.118 e. The fourth-order valence-corrected chi connectivity index (χ4v) is 2.82. The van der Waals surface area contributed by atoms with E-state index in [1.807, 2.05) is 0 Å². The highest BCUT2D eigenvalue weighted by Crippen LogP contribution is 2.40. The SMILES string of the molecule is Cl.[2H]C([2H])([2H])Oc1ccc(C(C2(O)CCCCC2)C([2H])([2H])N(C([2H])([2H])[2H])C([2H])([2H])[2H])cc1. The van der Waals surface area contributed by atoms with Crippen molar-refractivity contribution in [1.82, 2.24) is 4.90 Å². The lowest BCUT2D eigenvalue weighted by atomic mass is 9.72. The van der Waals surface area contributed by atoms with Gasteiger partial charge in [-0.15, -0.1) is 12.4 Å². The Kier molecular flexibility index (Phi) is 2.93. The lowest BCUT2D eigenvalue weighted by Gasteiger charge is -2.40. The molecule has 21 heavy (non-hydrogen) atoms. The third-order valence-electron chi connectivity index (χ3n) is 3.85. The Bertz CT molecular complexity index is 727. The van der Waals surface area contributed by atoms with Crippen LogP contribution in [-0.4, -0.2) is 43.1 Å². The van der Waals surface area contributed by atoms with Crippen LogP contribution in [0.15, 0.2) is 24.3 Å². The molecule has 4 heteroatoms. The van der Waals surface area contributed by atoms with Gasteiger partial charge in [0.1, 0.15) is 5.75 Å². The van der Waals surface area contributed by atoms with Gasteiger partial charge >= 0.3 is 0 Å². The maximum Gasteiger partial charge on any atom is 0.118 e. The molecular weight excluding hydrogens is 286 g/mol. The van der Waals surface area contributed by atoms with E-state index in [-0.39, 0.29) is 41.5 Å². The number of likely N-dealkylation sites (N-methyl/N-ethyl adjacent to an activating group) is 1. The highest BCUT2D eigenvalue weighted by Gasteiger charge is 2.38. The molecule has 2 rings (SSSR count). The van der Waals surface area contributed by atoms with E-state index in [1.165, 1.54) is 24.3 Å². The summed E-state index contributed by atoms with van der Waals surface area (Å²) >= 11 is 0. The number of nitrogens with zero attached hydrogens (tertiary/aromatic N) is 1. The third kappa shape index (κ3) is 4.60. The number of benzene rings is 1. The molecule has 0 aliphatic heterocycles.